The summed E-state index contributed by atoms with van der Waals surface area (Å²) in [6, 6.07) is 6.01. The van der Waals surface area contributed by atoms with Gasteiger partial charge in [-0.05, 0) is 44.5 Å². The molecule has 2 rings (SSSR count). The third kappa shape index (κ3) is 3.07. The maximum Gasteiger partial charge on any atom is 0.140 e. The number of nitrogens with zero attached hydrogens (tertiary/aromatic N) is 1. The van der Waals surface area contributed by atoms with E-state index in [1.807, 2.05) is 32.0 Å². The molecule has 1 aromatic heterocycles. The van der Waals surface area contributed by atoms with Crippen molar-refractivity contribution >= 4 is 27.3 Å². The Hall–Kier alpha value is -0.870. The smallest absolute Gasteiger partial charge is 0.140 e. The summed E-state index contributed by atoms with van der Waals surface area (Å²) in [6.45, 7) is 6.70. The number of hydrogen-bond donors (Lipinski definition) is 0. The molecule has 0 spiro atoms. The molecule has 0 unspecified atom stereocenters. The molecular weight excluding hydrogens is 298 g/mol. The molecule has 0 radical (unpaired) electrons. The predicted octanol–water partition coefficient (Wildman–Crippen LogP) is 4.41. The van der Waals surface area contributed by atoms with E-state index in [0.717, 1.165) is 26.5 Å². The van der Waals surface area contributed by atoms with Gasteiger partial charge in [-0.25, -0.2) is 4.98 Å². The van der Waals surface area contributed by atoms with Crippen molar-refractivity contribution < 1.29 is 4.74 Å². The van der Waals surface area contributed by atoms with Crippen LogP contribution in [0.5, 0.6) is 5.75 Å². The highest BCUT2D eigenvalue weighted by molar-refractivity contribution is 9.10. The summed E-state index contributed by atoms with van der Waals surface area (Å²) >= 11 is 5.14. The van der Waals surface area contributed by atoms with E-state index >= 15 is 0 Å². The standard InChI is InChI=1S/C13H14BrNOS/c1-8-6-11(14)4-5-12(8)16-7-13-15-9(2)10(3)17-13/h4-6H,7H2,1-3H3. The fourth-order valence-electron chi connectivity index (χ4n) is 1.52. The quantitative estimate of drug-likeness (QED) is 0.837. The summed E-state index contributed by atoms with van der Waals surface area (Å²) in [4.78, 5) is 5.72. The molecule has 0 bridgehead atoms. The molecule has 1 heterocycles. The largest absolute Gasteiger partial charge is 0.486 e. The first-order valence-electron chi connectivity index (χ1n) is 5.38. The van der Waals surface area contributed by atoms with Gasteiger partial charge in [-0.2, -0.15) is 0 Å². The van der Waals surface area contributed by atoms with Crippen molar-refractivity contribution in [2.24, 2.45) is 0 Å². The second kappa shape index (κ2) is 5.19. The highest BCUT2D eigenvalue weighted by Crippen LogP contribution is 2.24. The van der Waals surface area contributed by atoms with Crippen LogP contribution in [0.4, 0.5) is 0 Å². The monoisotopic (exact) mass is 311 g/mol. The molecule has 0 aliphatic rings. The topological polar surface area (TPSA) is 22.1 Å². The van der Waals surface area contributed by atoms with Crippen molar-refractivity contribution in [2.45, 2.75) is 27.4 Å². The first-order chi connectivity index (χ1) is 8.06. The number of benzene rings is 1. The molecule has 4 heteroatoms. The maximum absolute atomic E-state index is 5.77. The predicted molar refractivity (Wildman–Crippen MR) is 74.8 cm³/mol. The van der Waals surface area contributed by atoms with Crippen LogP contribution in [0.3, 0.4) is 0 Å². The van der Waals surface area contributed by atoms with Crippen molar-refractivity contribution in [3.63, 3.8) is 0 Å². The summed E-state index contributed by atoms with van der Waals surface area (Å²) in [5.74, 6) is 0.915. The second-order valence-corrected chi connectivity index (χ2v) is 6.15. The van der Waals surface area contributed by atoms with E-state index in [1.54, 1.807) is 11.3 Å². The average Bonchev–Trinajstić information content (AvgIpc) is 2.57. The maximum atomic E-state index is 5.77. The van der Waals surface area contributed by atoms with E-state index in [1.165, 1.54) is 4.88 Å². The second-order valence-electron chi connectivity index (χ2n) is 3.95. The summed E-state index contributed by atoms with van der Waals surface area (Å²) in [6.07, 6.45) is 0. The number of aromatic nitrogens is 1. The minimum Gasteiger partial charge on any atom is -0.486 e. The highest BCUT2D eigenvalue weighted by Gasteiger charge is 2.05. The molecule has 0 atom stereocenters. The lowest BCUT2D eigenvalue weighted by molar-refractivity contribution is 0.303. The highest BCUT2D eigenvalue weighted by atomic mass is 79.9. The molecule has 2 nitrogen and oxygen atoms in total. The molecule has 17 heavy (non-hydrogen) atoms. The minimum atomic E-state index is 0.543. The van der Waals surface area contributed by atoms with Gasteiger partial charge in [-0.3, -0.25) is 0 Å². The van der Waals surface area contributed by atoms with Gasteiger partial charge in [-0.15, -0.1) is 11.3 Å². The fourth-order valence-corrected chi connectivity index (χ4v) is 2.84. The Morgan fingerprint density at radius 1 is 1.29 bits per heavy atom. The van der Waals surface area contributed by atoms with Gasteiger partial charge in [0.1, 0.15) is 17.4 Å². The zero-order chi connectivity index (χ0) is 12.4. The van der Waals surface area contributed by atoms with Crippen LogP contribution in [0.2, 0.25) is 0 Å². The van der Waals surface area contributed by atoms with Crippen LogP contribution >= 0.6 is 27.3 Å². The average molecular weight is 312 g/mol. The van der Waals surface area contributed by atoms with Crippen molar-refractivity contribution in [3.8, 4) is 5.75 Å². The Labute approximate surface area is 114 Å². The zero-order valence-electron chi connectivity index (χ0n) is 10.1. The summed E-state index contributed by atoms with van der Waals surface area (Å²) < 4.78 is 6.85. The lowest BCUT2D eigenvalue weighted by atomic mass is 10.2. The Balaban J connectivity index is 2.07. The van der Waals surface area contributed by atoms with E-state index in [2.05, 4.69) is 27.8 Å². The number of hydrogen-bond acceptors (Lipinski definition) is 3. The van der Waals surface area contributed by atoms with Gasteiger partial charge in [0.15, 0.2) is 0 Å². The summed E-state index contributed by atoms with van der Waals surface area (Å²) in [5.41, 5.74) is 2.23. The number of ether oxygens (including phenoxy) is 1. The van der Waals surface area contributed by atoms with E-state index in [4.69, 9.17) is 4.74 Å². The molecule has 1 aromatic carbocycles. The molecule has 0 saturated heterocycles. The van der Waals surface area contributed by atoms with Crippen molar-refractivity contribution in [2.75, 3.05) is 0 Å². The first kappa shape index (κ1) is 12.6. The molecule has 0 aliphatic carbocycles. The molecule has 0 amide bonds. The molecule has 0 N–H and O–H groups in total. The van der Waals surface area contributed by atoms with Crippen LogP contribution < -0.4 is 4.74 Å². The number of rotatable bonds is 3. The van der Waals surface area contributed by atoms with E-state index in [-0.39, 0.29) is 0 Å². The van der Waals surface area contributed by atoms with Gasteiger partial charge in [-0.1, -0.05) is 15.9 Å². The summed E-state index contributed by atoms with van der Waals surface area (Å²) in [7, 11) is 0. The summed E-state index contributed by atoms with van der Waals surface area (Å²) in [5, 5.41) is 1.03. The van der Waals surface area contributed by atoms with Crippen LogP contribution in [0, 0.1) is 20.8 Å². The van der Waals surface area contributed by atoms with Gasteiger partial charge < -0.3 is 4.74 Å². The third-order valence-corrected chi connectivity index (χ3v) is 4.10. The van der Waals surface area contributed by atoms with E-state index in [9.17, 15) is 0 Å². The number of aryl methyl sites for hydroxylation is 3. The van der Waals surface area contributed by atoms with Crippen LogP contribution in [0.1, 0.15) is 21.1 Å². The van der Waals surface area contributed by atoms with Gasteiger partial charge in [0.25, 0.3) is 0 Å². The van der Waals surface area contributed by atoms with Crippen LogP contribution in [0.15, 0.2) is 22.7 Å². The number of thiazole rings is 1. The normalized spacial score (nSPS) is 10.6. The molecule has 0 fully saturated rings. The van der Waals surface area contributed by atoms with Gasteiger partial charge >= 0.3 is 0 Å². The van der Waals surface area contributed by atoms with E-state index < -0.39 is 0 Å². The Kier molecular flexibility index (Phi) is 3.84. The third-order valence-electron chi connectivity index (χ3n) is 2.56. The SMILES string of the molecule is Cc1cc(Br)ccc1OCc1nc(C)c(C)s1. The Morgan fingerprint density at radius 3 is 2.65 bits per heavy atom. The van der Waals surface area contributed by atoms with Crippen molar-refractivity contribution in [1.82, 2.24) is 4.98 Å². The molecule has 90 valence electrons. The van der Waals surface area contributed by atoms with Gasteiger partial charge in [0.05, 0.1) is 5.69 Å². The van der Waals surface area contributed by atoms with Crippen LogP contribution in [0.25, 0.3) is 0 Å². The molecular formula is C13H14BrNOS. The Bertz CT molecular complexity index is 517. The first-order valence-corrected chi connectivity index (χ1v) is 6.99. The van der Waals surface area contributed by atoms with Crippen molar-refractivity contribution in [3.05, 3.63) is 43.8 Å². The van der Waals surface area contributed by atoms with Gasteiger partial charge in [0, 0.05) is 9.35 Å². The Morgan fingerprint density at radius 2 is 2.06 bits per heavy atom. The molecule has 0 aliphatic heterocycles. The van der Waals surface area contributed by atoms with E-state index in [0.29, 0.717) is 6.61 Å². The minimum absolute atomic E-state index is 0.543. The molecule has 0 saturated carbocycles. The van der Waals surface area contributed by atoms with Crippen molar-refractivity contribution in [1.29, 1.82) is 0 Å². The van der Waals surface area contributed by atoms with Crippen LogP contribution in [-0.2, 0) is 6.61 Å². The van der Waals surface area contributed by atoms with Crippen LogP contribution in [-0.4, -0.2) is 4.98 Å². The fraction of sp³-hybridized carbons (Fsp3) is 0.308. The lowest BCUT2D eigenvalue weighted by Gasteiger charge is -2.07. The molecule has 2 aromatic rings. The van der Waals surface area contributed by atoms with Gasteiger partial charge in [0.2, 0.25) is 0 Å². The number of halogens is 1. The zero-order valence-corrected chi connectivity index (χ0v) is 12.5. The lowest BCUT2D eigenvalue weighted by Crippen LogP contribution is -1.96.